The number of hydrogen-bond acceptors (Lipinski definition) is 4. The Morgan fingerprint density at radius 3 is 1.29 bits per heavy atom. The molecule has 0 radical (unpaired) electrons. The summed E-state index contributed by atoms with van der Waals surface area (Å²) in [6.07, 6.45) is 3.04. The normalized spacial score (nSPS) is 20.7. The van der Waals surface area contributed by atoms with Gasteiger partial charge >= 0.3 is 12.2 Å². The molecule has 0 saturated carbocycles. The van der Waals surface area contributed by atoms with Gasteiger partial charge in [-0.2, -0.15) is 0 Å². The first-order valence-electron chi connectivity index (χ1n) is 16.7. The average molecular weight is 655 g/mol. The minimum atomic E-state index is -0.305. The van der Waals surface area contributed by atoms with Crippen LogP contribution in [0.3, 0.4) is 0 Å². The van der Waals surface area contributed by atoms with Crippen LogP contribution in [-0.4, -0.2) is 35.1 Å². The van der Waals surface area contributed by atoms with Gasteiger partial charge in [-0.05, 0) is 84.0 Å². The Hall–Kier alpha value is -4.72. The van der Waals surface area contributed by atoms with Gasteiger partial charge in [0, 0.05) is 13.1 Å². The molecule has 0 aromatic heterocycles. The number of hydrogen-bond donors (Lipinski definition) is 0. The van der Waals surface area contributed by atoms with Crippen molar-refractivity contribution in [1.82, 2.24) is 9.80 Å². The van der Waals surface area contributed by atoms with E-state index in [1.807, 2.05) is 60.7 Å². The zero-order chi connectivity index (χ0) is 33.9. The van der Waals surface area contributed by atoms with E-state index in [9.17, 15) is 18.4 Å². The van der Waals surface area contributed by atoms with Gasteiger partial charge in [-0.3, -0.25) is 0 Å². The topological polar surface area (TPSA) is 59.1 Å². The molecule has 0 N–H and O–H groups in total. The monoisotopic (exact) mass is 654 g/mol. The summed E-state index contributed by atoms with van der Waals surface area (Å²) in [6, 6.07) is 32.0. The lowest BCUT2D eigenvalue weighted by Gasteiger charge is -2.38. The summed E-state index contributed by atoms with van der Waals surface area (Å²) in [7, 11) is 0. The molecule has 2 saturated heterocycles. The maximum absolute atomic E-state index is 13.2. The van der Waals surface area contributed by atoms with Crippen molar-refractivity contribution in [3.8, 4) is 0 Å². The molecular formula is C40H44F2N2O4. The van der Waals surface area contributed by atoms with Crippen LogP contribution in [0.4, 0.5) is 18.4 Å². The van der Waals surface area contributed by atoms with Gasteiger partial charge in [-0.1, -0.05) is 98.8 Å². The first kappa shape index (κ1) is 34.6. The first-order valence-corrected chi connectivity index (χ1v) is 16.7. The molecule has 2 aliphatic heterocycles. The van der Waals surface area contributed by atoms with Gasteiger partial charge in [0.05, 0.1) is 12.1 Å². The van der Waals surface area contributed by atoms with Gasteiger partial charge in [-0.15, -0.1) is 0 Å². The summed E-state index contributed by atoms with van der Waals surface area (Å²) >= 11 is 0. The van der Waals surface area contributed by atoms with Crippen LogP contribution in [0.25, 0.3) is 0 Å². The second-order valence-corrected chi connectivity index (χ2v) is 12.9. The molecule has 0 aliphatic carbocycles. The summed E-state index contributed by atoms with van der Waals surface area (Å²) < 4.78 is 37.4. The van der Waals surface area contributed by atoms with E-state index in [0.717, 1.165) is 47.9 Å². The molecule has 8 heteroatoms. The van der Waals surface area contributed by atoms with Gasteiger partial charge in [0.15, 0.2) is 0 Å². The third-order valence-electron chi connectivity index (χ3n) is 9.12. The molecule has 2 heterocycles. The highest BCUT2D eigenvalue weighted by Crippen LogP contribution is 2.36. The van der Waals surface area contributed by atoms with E-state index in [1.165, 1.54) is 24.3 Å². The number of halogens is 2. The van der Waals surface area contributed by atoms with E-state index in [2.05, 4.69) is 13.8 Å². The highest BCUT2D eigenvalue weighted by atomic mass is 19.1. The van der Waals surface area contributed by atoms with Crippen molar-refractivity contribution in [1.29, 1.82) is 0 Å². The van der Waals surface area contributed by atoms with E-state index in [4.69, 9.17) is 9.47 Å². The first-order chi connectivity index (χ1) is 23.3. The van der Waals surface area contributed by atoms with Crippen LogP contribution in [0.1, 0.15) is 73.9 Å². The van der Waals surface area contributed by atoms with Crippen molar-refractivity contribution in [2.24, 2.45) is 11.8 Å². The zero-order valence-electron chi connectivity index (χ0n) is 27.6. The van der Waals surface area contributed by atoms with Crippen LogP contribution < -0.4 is 0 Å². The largest absolute Gasteiger partial charge is 0.445 e. The highest BCUT2D eigenvalue weighted by Gasteiger charge is 2.33. The van der Waals surface area contributed by atoms with Crippen molar-refractivity contribution < 1.29 is 27.8 Å². The minimum absolute atomic E-state index is 0.0578. The molecule has 4 atom stereocenters. The Balaban J connectivity index is 0.000000188. The lowest BCUT2D eigenvalue weighted by Crippen LogP contribution is -2.40. The fraction of sp³-hybridized carbons (Fsp3) is 0.350. The molecule has 6 rings (SSSR count). The molecule has 4 aromatic carbocycles. The third kappa shape index (κ3) is 9.66. The molecule has 6 nitrogen and oxygen atoms in total. The Morgan fingerprint density at radius 2 is 0.938 bits per heavy atom. The highest BCUT2D eigenvalue weighted by molar-refractivity contribution is 5.69. The number of amides is 2. The van der Waals surface area contributed by atoms with E-state index in [-0.39, 0.29) is 49.1 Å². The molecule has 4 aromatic rings. The third-order valence-corrected chi connectivity index (χ3v) is 9.12. The SMILES string of the molecule is C[C@@H]1CCN(C(=O)OCc2ccccc2)[C@H](c2ccc(F)cc2)C1.C[C@H]1CCN(C(=O)OCc2ccccc2)[C@@H](c2ccc(F)cc2)C1. The van der Waals surface area contributed by atoms with E-state index < -0.39 is 0 Å². The predicted octanol–water partition coefficient (Wildman–Crippen LogP) is 9.87. The summed E-state index contributed by atoms with van der Waals surface area (Å²) in [5.41, 5.74) is 3.85. The van der Waals surface area contributed by atoms with Crippen molar-refractivity contribution in [3.63, 3.8) is 0 Å². The molecule has 2 amide bonds. The molecular weight excluding hydrogens is 610 g/mol. The van der Waals surface area contributed by atoms with Gasteiger partial charge in [0.1, 0.15) is 24.8 Å². The zero-order valence-corrected chi connectivity index (χ0v) is 27.6. The number of carbonyl (C=O) groups is 2. The molecule has 2 aliphatic rings. The lowest BCUT2D eigenvalue weighted by molar-refractivity contribution is 0.0581. The maximum Gasteiger partial charge on any atom is 0.410 e. The van der Waals surface area contributed by atoms with Crippen molar-refractivity contribution in [2.75, 3.05) is 13.1 Å². The summed E-state index contributed by atoms with van der Waals surface area (Å²) in [6.45, 7) is 6.23. The van der Waals surface area contributed by atoms with Gasteiger partial charge in [0.2, 0.25) is 0 Å². The second kappa shape index (κ2) is 16.9. The molecule has 0 unspecified atom stereocenters. The quantitative estimate of drug-likeness (QED) is 0.208. The number of rotatable bonds is 6. The van der Waals surface area contributed by atoms with Crippen molar-refractivity contribution in [3.05, 3.63) is 143 Å². The predicted molar refractivity (Wildman–Crippen MR) is 182 cm³/mol. The van der Waals surface area contributed by atoms with Crippen LogP contribution in [0, 0.1) is 23.5 Å². The van der Waals surface area contributed by atoms with Crippen LogP contribution in [0.5, 0.6) is 0 Å². The molecule has 0 spiro atoms. The fourth-order valence-electron chi connectivity index (χ4n) is 6.33. The van der Waals surface area contributed by atoms with Crippen molar-refractivity contribution in [2.45, 2.75) is 64.8 Å². The number of benzene rings is 4. The minimum Gasteiger partial charge on any atom is -0.445 e. The summed E-state index contributed by atoms with van der Waals surface area (Å²) in [5.74, 6) is 0.526. The smallest absolute Gasteiger partial charge is 0.410 e. The van der Waals surface area contributed by atoms with Gasteiger partial charge in [0.25, 0.3) is 0 Å². The summed E-state index contributed by atoms with van der Waals surface area (Å²) in [5, 5.41) is 0. The fourth-order valence-corrected chi connectivity index (χ4v) is 6.33. The van der Waals surface area contributed by atoms with Gasteiger partial charge < -0.3 is 19.3 Å². The Bertz CT molecular complexity index is 1460. The van der Waals surface area contributed by atoms with E-state index in [1.54, 1.807) is 34.1 Å². The lowest BCUT2D eigenvalue weighted by atomic mass is 9.88. The number of piperidine rings is 2. The molecule has 2 fully saturated rings. The Labute approximate surface area is 282 Å². The summed E-state index contributed by atoms with van der Waals surface area (Å²) in [4.78, 5) is 28.7. The van der Waals surface area contributed by atoms with Crippen LogP contribution in [0.15, 0.2) is 109 Å². The number of likely N-dealkylation sites (tertiary alicyclic amines) is 2. The molecule has 0 bridgehead atoms. The molecule has 48 heavy (non-hydrogen) atoms. The van der Waals surface area contributed by atoms with E-state index >= 15 is 0 Å². The van der Waals surface area contributed by atoms with Crippen LogP contribution in [-0.2, 0) is 22.7 Å². The molecule has 252 valence electrons. The number of ether oxygens (including phenoxy) is 2. The number of nitrogens with zero attached hydrogens (tertiary/aromatic N) is 2. The van der Waals surface area contributed by atoms with E-state index in [0.29, 0.717) is 24.9 Å². The van der Waals surface area contributed by atoms with Crippen LogP contribution >= 0.6 is 0 Å². The number of carbonyl (C=O) groups excluding carboxylic acids is 2. The Kier molecular flexibility index (Phi) is 12.2. The second-order valence-electron chi connectivity index (χ2n) is 12.9. The standard InChI is InChI=1S/2C20H22FNO2/c2*1-15-11-12-22(19(13-15)17-7-9-18(21)10-8-17)20(23)24-14-16-5-3-2-4-6-16/h2*2-10,15,19H,11-14H2,1H3/t2*15-,19+/m10/s1. The van der Waals surface area contributed by atoms with Gasteiger partial charge in [-0.25, -0.2) is 18.4 Å². The van der Waals surface area contributed by atoms with Crippen LogP contribution in [0.2, 0.25) is 0 Å². The maximum atomic E-state index is 13.2. The average Bonchev–Trinajstić information content (AvgIpc) is 3.11. The van der Waals surface area contributed by atoms with Crippen molar-refractivity contribution >= 4 is 12.2 Å². The Morgan fingerprint density at radius 1 is 0.583 bits per heavy atom.